The van der Waals surface area contributed by atoms with Crippen LogP contribution in [-0.2, 0) is 6.54 Å². The maximum Gasteiger partial charge on any atom is 0.413 e. The number of H-pyrrole nitrogens is 1. The molecule has 3 heterocycles. The van der Waals surface area contributed by atoms with Crippen molar-refractivity contribution >= 4 is 39.8 Å². The molecule has 0 aliphatic carbocycles. The molecule has 0 bridgehead atoms. The first-order valence-electron chi connectivity index (χ1n) is 9.79. The zero-order valence-electron chi connectivity index (χ0n) is 17.0. The average Bonchev–Trinajstić information content (AvgIpc) is 3.44. The number of carbonyl (C=O) groups is 1. The van der Waals surface area contributed by atoms with Gasteiger partial charge < -0.3 is 30.4 Å². The zero-order chi connectivity index (χ0) is 21.5. The molecule has 0 fully saturated rings. The van der Waals surface area contributed by atoms with Gasteiger partial charge in [0.05, 0.1) is 18.5 Å². The Hall–Kier alpha value is -3.56. The Morgan fingerprint density at radius 1 is 1.16 bits per heavy atom. The zero-order valence-corrected chi connectivity index (χ0v) is 17.8. The molecule has 0 aliphatic rings. The van der Waals surface area contributed by atoms with E-state index in [1.165, 1.54) is 11.3 Å². The Morgan fingerprint density at radius 2 is 2.10 bits per heavy atom. The summed E-state index contributed by atoms with van der Waals surface area (Å²) in [7, 11) is 1.65. The lowest BCUT2D eigenvalue weighted by atomic mass is 10.2. The third-order valence-corrected chi connectivity index (χ3v) is 5.37. The van der Waals surface area contributed by atoms with Crippen LogP contribution in [0.5, 0.6) is 10.8 Å². The van der Waals surface area contributed by atoms with Crippen LogP contribution in [0.1, 0.15) is 5.56 Å². The number of nitrogens with one attached hydrogen (secondary N) is 4. The lowest BCUT2D eigenvalue weighted by molar-refractivity contribution is 0.202. The molecule has 3 aromatic heterocycles. The van der Waals surface area contributed by atoms with E-state index >= 15 is 0 Å². The largest absolute Gasteiger partial charge is 0.497 e. The van der Waals surface area contributed by atoms with E-state index in [1.54, 1.807) is 13.3 Å². The Kier molecular flexibility index (Phi) is 6.65. The van der Waals surface area contributed by atoms with Crippen molar-refractivity contribution in [2.24, 2.45) is 0 Å². The quantitative estimate of drug-likeness (QED) is 0.292. The number of benzene rings is 1. The number of anilines is 2. The van der Waals surface area contributed by atoms with Gasteiger partial charge in [0, 0.05) is 37.4 Å². The van der Waals surface area contributed by atoms with E-state index in [2.05, 4.69) is 25.9 Å². The highest BCUT2D eigenvalue weighted by atomic mass is 32.1. The van der Waals surface area contributed by atoms with E-state index < -0.39 is 6.09 Å². The SMILES string of the molecule is COc1cccc(CNCCNC(=O)Oc2sccc2Nc2ccnc3[nH]ccc23)c1. The van der Waals surface area contributed by atoms with Gasteiger partial charge in [-0.3, -0.25) is 0 Å². The van der Waals surface area contributed by atoms with Crippen molar-refractivity contribution in [3.8, 4) is 10.8 Å². The molecule has 0 atom stereocenters. The summed E-state index contributed by atoms with van der Waals surface area (Å²) in [5.74, 6) is 0.824. The van der Waals surface area contributed by atoms with Crippen molar-refractivity contribution in [1.82, 2.24) is 20.6 Å². The number of aromatic nitrogens is 2. The molecule has 0 saturated carbocycles. The summed E-state index contributed by atoms with van der Waals surface area (Å²) in [5, 5.41) is 12.7. The van der Waals surface area contributed by atoms with Crippen LogP contribution >= 0.6 is 11.3 Å². The van der Waals surface area contributed by atoms with E-state index in [-0.39, 0.29) is 0 Å². The Morgan fingerprint density at radius 3 is 3.00 bits per heavy atom. The van der Waals surface area contributed by atoms with Gasteiger partial charge in [-0.2, -0.15) is 0 Å². The van der Waals surface area contributed by atoms with E-state index in [4.69, 9.17) is 9.47 Å². The number of fused-ring (bicyclic) bond motifs is 1. The molecule has 0 radical (unpaired) electrons. The number of hydrogen-bond donors (Lipinski definition) is 4. The Balaban J connectivity index is 1.24. The molecular weight excluding hydrogens is 414 g/mol. The first-order valence-corrected chi connectivity index (χ1v) is 10.7. The highest BCUT2D eigenvalue weighted by molar-refractivity contribution is 7.12. The highest BCUT2D eigenvalue weighted by Crippen LogP contribution is 2.35. The fourth-order valence-electron chi connectivity index (χ4n) is 3.07. The number of rotatable bonds is 9. The summed E-state index contributed by atoms with van der Waals surface area (Å²) in [6.45, 7) is 1.75. The van der Waals surface area contributed by atoms with Crippen LogP contribution in [0.15, 0.2) is 60.2 Å². The van der Waals surface area contributed by atoms with Crippen LogP contribution in [0, 0.1) is 0 Å². The van der Waals surface area contributed by atoms with E-state index in [0.717, 1.165) is 33.7 Å². The van der Waals surface area contributed by atoms with Gasteiger partial charge in [0.25, 0.3) is 0 Å². The second-order valence-corrected chi connectivity index (χ2v) is 7.57. The fraction of sp³-hybridized carbons (Fsp3) is 0.182. The second-order valence-electron chi connectivity index (χ2n) is 6.69. The van der Waals surface area contributed by atoms with Gasteiger partial charge in [-0.25, -0.2) is 9.78 Å². The molecule has 9 heteroatoms. The van der Waals surface area contributed by atoms with Gasteiger partial charge in [0.15, 0.2) is 0 Å². The van der Waals surface area contributed by atoms with Gasteiger partial charge in [-0.15, -0.1) is 11.3 Å². The number of carbonyl (C=O) groups excluding carboxylic acids is 1. The van der Waals surface area contributed by atoms with Crippen molar-refractivity contribution in [2.75, 3.05) is 25.5 Å². The van der Waals surface area contributed by atoms with E-state index in [0.29, 0.717) is 24.7 Å². The fourth-order valence-corrected chi connectivity index (χ4v) is 3.77. The molecule has 160 valence electrons. The number of hydrogen-bond acceptors (Lipinski definition) is 7. The third kappa shape index (κ3) is 5.33. The number of methoxy groups -OCH3 is 1. The van der Waals surface area contributed by atoms with Gasteiger partial charge >= 0.3 is 6.09 Å². The topological polar surface area (TPSA) is 100 Å². The van der Waals surface area contributed by atoms with Crippen LogP contribution in [-0.4, -0.2) is 36.3 Å². The summed E-state index contributed by atoms with van der Waals surface area (Å²) in [6.07, 6.45) is 3.07. The predicted molar refractivity (Wildman–Crippen MR) is 122 cm³/mol. The molecule has 1 aromatic carbocycles. The summed E-state index contributed by atoms with van der Waals surface area (Å²) >= 11 is 1.35. The molecule has 4 rings (SSSR count). The maximum absolute atomic E-state index is 12.2. The lowest BCUT2D eigenvalue weighted by Gasteiger charge is -2.10. The van der Waals surface area contributed by atoms with Crippen molar-refractivity contribution in [3.05, 3.63) is 65.8 Å². The number of ether oxygens (including phenoxy) is 2. The smallest absolute Gasteiger partial charge is 0.413 e. The first-order chi connectivity index (χ1) is 15.2. The maximum atomic E-state index is 12.2. The Labute approximate surface area is 183 Å². The molecule has 8 nitrogen and oxygen atoms in total. The minimum atomic E-state index is -0.491. The molecule has 4 aromatic rings. The number of aromatic amines is 1. The lowest BCUT2D eigenvalue weighted by Crippen LogP contribution is -2.33. The van der Waals surface area contributed by atoms with Crippen LogP contribution < -0.4 is 25.4 Å². The molecule has 0 spiro atoms. The molecule has 4 N–H and O–H groups in total. The molecule has 0 unspecified atom stereocenters. The number of pyridine rings is 1. The summed E-state index contributed by atoms with van der Waals surface area (Å²) in [6, 6.07) is 13.6. The van der Waals surface area contributed by atoms with Crippen LogP contribution in [0.3, 0.4) is 0 Å². The van der Waals surface area contributed by atoms with Crippen molar-refractivity contribution in [2.45, 2.75) is 6.54 Å². The van der Waals surface area contributed by atoms with E-state index in [1.807, 2.05) is 54.0 Å². The molecule has 0 saturated heterocycles. The monoisotopic (exact) mass is 437 g/mol. The van der Waals surface area contributed by atoms with Crippen LogP contribution in [0.2, 0.25) is 0 Å². The third-order valence-electron chi connectivity index (χ3n) is 4.58. The number of thiophene rings is 1. The standard InChI is InChI=1S/C22H23N5O3S/c1-29-16-4-2-3-15(13-16)14-23-10-11-26-22(28)30-21-19(7-12-31-21)27-18-6-9-25-20-17(18)5-8-24-20/h2-9,12-13,23H,10-11,14H2,1H3,(H,26,28)(H2,24,25,27). The summed E-state index contributed by atoms with van der Waals surface area (Å²) in [5.41, 5.74) is 3.52. The molecular formula is C22H23N5O3S. The molecule has 0 aliphatic heterocycles. The van der Waals surface area contributed by atoms with Crippen molar-refractivity contribution in [1.29, 1.82) is 0 Å². The Bertz CT molecular complexity index is 1160. The first kappa shape index (κ1) is 20.7. The van der Waals surface area contributed by atoms with Gasteiger partial charge in [0.2, 0.25) is 5.06 Å². The van der Waals surface area contributed by atoms with Crippen molar-refractivity contribution < 1.29 is 14.3 Å². The minimum Gasteiger partial charge on any atom is -0.497 e. The van der Waals surface area contributed by atoms with Gasteiger partial charge in [0.1, 0.15) is 11.4 Å². The minimum absolute atomic E-state index is 0.450. The predicted octanol–water partition coefficient (Wildman–Crippen LogP) is 4.25. The summed E-state index contributed by atoms with van der Waals surface area (Å²) < 4.78 is 10.7. The second kappa shape index (κ2) is 9.96. The molecule has 31 heavy (non-hydrogen) atoms. The molecule has 1 amide bonds. The summed E-state index contributed by atoms with van der Waals surface area (Å²) in [4.78, 5) is 19.5. The normalized spacial score (nSPS) is 10.7. The van der Waals surface area contributed by atoms with Crippen LogP contribution in [0.4, 0.5) is 16.2 Å². The van der Waals surface area contributed by atoms with Gasteiger partial charge in [-0.1, -0.05) is 12.1 Å². The van der Waals surface area contributed by atoms with Crippen molar-refractivity contribution in [3.63, 3.8) is 0 Å². The number of amides is 1. The highest BCUT2D eigenvalue weighted by Gasteiger charge is 2.12. The van der Waals surface area contributed by atoms with Gasteiger partial charge in [-0.05, 0) is 41.3 Å². The van der Waals surface area contributed by atoms with E-state index in [9.17, 15) is 4.79 Å². The number of nitrogens with zero attached hydrogens (tertiary/aromatic N) is 1. The average molecular weight is 438 g/mol. The van der Waals surface area contributed by atoms with Crippen LogP contribution in [0.25, 0.3) is 11.0 Å².